The largest absolute Gasteiger partial charge is 0.481 e. The van der Waals surface area contributed by atoms with Crippen molar-refractivity contribution in [1.29, 1.82) is 0 Å². The van der Waals surface area contributed by atoms with Crippen LogP contribution in [0.1, 0.15) is 90.5 Å². The Morgan fingerprint density at radius 3 is 1.60 bits per heavy atom. The Bertz CT molecular complexity index is 2210. The number of hydrogen-bond donors (Lipinski definition) is 14. The summed E-state index contributed by atoms with van der Waals surface area (Å²) in [6, 6.07) is 1.99. The molecule has 29 heteroatoms. The van der Waals surface area contributed by atoms with E-state index in [0.717, 1.165) is 5.56 Å². The molecule has 1 aliphatic heterocycles. The first kappa shape index (κ1) is 68.4. The van der Waals surface area contributed by atoms with Crippen LogP contribution in [0.2, 0.25) is 0 Å². The normalized spacial score (nSPS) is 15.9. The number of carbonyl (C=O) groups excluding carboxylic acids is 6. The molecule has 16 N–H and O–H groups in total. The Morgan fingerprint density at radius 2 is 1.07 bits per heavy atom. The SMILES string of the molecule is CC(CNC(=O)CCC(NC(=O)NC(CCC(=O)O)C(=O)O)C(=O)O)CC(C)C(=O)NC(Cc1ccccc1)C(=O)NC(CCCN=C(N)N)C(=O)NC(C)CCCCNC(=O)CN1CCN(CC(=O)O)CCN(CC(=O)O)CC1. The summed E-state index contributed by atoms with van der Waals surface area (Å²) in [6.07, 6.45) is 0.727. The maximum absolute atomic E-state index is 14.1. The number of nitrogens with two attached hydrogens (primary N) is 2. The Morgan fingerprint density at radius 1 is 0.550 bits per heavy atom. The molecule has 7 amide bonds. The molecule has 29 nitrogen and oxygen atoms in total. The zero-order valence-electron chi connectivity index (χ0n) is 45.9. The van der Waals surface area contributed by atoms with E-state index in [0.29, 0.717) is 71.5 Å². The topological polar surface area (TPSA) is 447 Å². The molecule has 0 spiro atoms. The summed E-state index contributed by atoms with van der Waals surface area (Å²) in [5.41, 5.74) is 11.8. The minimum atomic E-state index is -1.60. The van der Waals surface area contributed by atoms with E-state index >= 15 is 0 Å². The standard InChI is InChI=1S/C51H83N13O16/c1-32(28-56-40(65)16-14-37(48(76)77)60-51(80)61-38(49(78)79)15-17-42(67)68)26-33(2)45(73)59-39(27-35-11-5-4-6-12-35)47(75)58-36(13-9-19-55-50(52)53)46(74)57-34(3)10-7-8-18-54-41(66)29-62-20-22-63(30-43(69)70)24-25-64(23-21-62)31-44(71)72/h4-6,11-12,32-34,36-39H,7-10,13-31H2,1-3H3,(H,54,66)(H,56,65)(H,57,74)(H,58,75)(H,59,73)(H,67,68)(H,69,70)(H,71,72)(H,76,77)(H,78,79)(H4,52,53,55)(H2,60,61,80). The summed E-state index contributed by atoms with van der Waals surface area (Å²) < 4.78 is 0. The number of carbonyl (C=O) groups is 11. The number of carboxylic acids is 5. The Balaban J connectivity index is 2.00. The molecule has 80 heavy (non-hydrogen) atoms. The third kappa shape index (κ3) is 30.5. The highest BCUT2D eigenvalue weighted by Gasteiger charge is 2.30. The second-order valence-corrected chi connectivity index (χ2v) is 20.0. The lowest BCUT2D eigenvalue weighted by molar-refractivity contribution is -0.141. The van der Waals surface area contributed by atoms with Crippen molar-refractivity contribution in [2.45, 2.75) is 122 Å². The lowest BCUT2D eigenvalue weighted by atomic mass is 9.95. The van der Waals surface area contributed by atoms with Gasteiger partial charge in [0.2, 0.25) is 29.5 Å². The van der Waals surface area contributed by atoms with E-state index in [1.54, 1.807) is 60.9 Å². The van der Waals surface area contributed by atoms with Crippen LogP contribution in [0.5, 0.6) is 0 Å². The van der Waals surface area contributed by atoms with Crippen molar-refractivity contribution in [3.8, 4) is 0 Å². The lowest BCUT2D eigenvalue weighted by Crippen LogP contribution is -2.55. The van der Waals surface area contributed by atoms with E-state index in [2.05, 4.69) is 36.9 Å². The second-order valence-electron chi connectivity index (χ2n) is 20.0. The number of aliphatic carboxylic acids is 5. The average molecular weight is 1130 g/mol. The van der Waals surface area contributed by atoms with Crippen molar-refractivity contribution in [2.24, 2.45) is 28.3 Å². The summed E-state index contributed by atoms with van der Waals surface area (Å²) in [5, 5.41) is 64.7. The molecule has 0 aliphatic carbocycles. The van der Waals surface area contributed by atoms with E-state index < -0.39 is 102 Å². The van der Waals surface area contributed by atoms with Crippen LogP contribution in [0.25, 0.3) is 0 Å². The second kappa shape index (κ2) is 37.3. The fourth-order valence-corrected chi connectivity index (χ4v) is 8.52. The van der Waals surface area contributed by atoms with Gasteiger partial charge in [-0.15, -0.1) is 0 Å². The van der Waals surface area contributed by atoms with Crippen LogP contribution < -0.4 is 48.7 Å². The molecule has 0 aromatic heterocycles. The van der Waals surface area contributed by atoms with Gasteiger partial charge in [-0.05, 0) is 69.8 Å². The maximum Gasteiger partial charge on any atom is 0.326 e. The highest BCUT2D eigenvalue weighted by atomic mass is 16.4. The van der Waals surface area contributed by atoms with Crippen molar-refractivity contribution in [2.75, 3.05) is 78.5 Å². The minimum Gasteiger partial charge on any atom is -0.481 e. The number of guanidine groups is 1. The summed E-state index contributed by atoms with van der Waals surface area (Å²) in [4.78, 5) is 146. The van der Waals surface area contributed by atoms with E-state index in [1.165, 1.54) is 0 Å². The summed E-state index contributed by atoms with van der Waals surface area (Å²) >= 11 is 0. The zero-order chi connectivity index (χ0) is 59.7. The number of amides is 7. The summed E-state index contributed by atoms with van der Waals surface area (Å²) in [7, 11) is 0. The Hall–Kier alpha value is -7.66. The first-order chi connectivity index (χ1) is 37.8. The predicted molar refractivity (Wildman–Crippen MR) is 290 cm³/mol. The van der Waals surface area contributed by atoms with Crippen molar-refractivity contribution < 1.29 is 78.3 Å². The van der Waals surface area contributed by atoms with Gasteiger partial charge in [-0.1, -0.05) is 44.2 Å². The first-order valence-electron chi connectivity index (χ1n) is 26.7. The van der Waals surface area contributed by atoms with Crippen molar-refractivity contribution in [1.82, 2.24) is 51.9 Å². The molecule has 7 atom stereocenters. The molecule has 0 saturated carbocycles. The van der Waals surface area contributed by atoms with E-state index in [9.17, 15) is 73.2 Å². The number of aliphatic imine (C=N–C) groups is 1. The van der Waals surface area contributed by atoms with Gasteiger partial charge in [-0.3, -0.25) is 58.0 Å². The molecule has 1 aliphatic rings. The fourth-order valence-electron chi connectivity index (χ4n) is 8.52. The molecule has 0 radical (unpaired) electrons. The van der Waals surface area contributed by atoms with E-state index in [4.69, 9.17) is 16.6 Å². The first-order valence-corrected chi connectivity index (χ1v) is 26.7. The Kier molecular flexibility index (Phi) is 31.9. The molecule has 1 fully saturated rings. The zero-order valence-corrected chi connectivity index (χ0v) is 45.9. The van der Waals surface area contributed by atoms with Gasteiger partial charge in [0.15, 0.2) is 5.96 Å². The van der Waals surface area contributed by atoms with Crippen molar-refractivity contribution in [3.63, 3.8) is 0 Å². The highest BCUT2D eigenvalue weighted by molar-refractivity contribution is 5.93. The van der Waals surface area contributed by atoms with Gasteiger partial charge in [-0.2, -0.15) is 0 Å². The quantitative estimate of drug-likeness (QED) is 0.0190. The van der Waals surface area contributed by atoms with Gasteiger partial charge in [0, 0.05) is 90.1 Å². The molecule has 448 valence electrons. The smallest absolute Gasteiger partial charge is 0.326 e. The number of rotatable bonds is 37. The molecule has 1 aromatic carbocycles. The van der Waals surface area contributed by atoms with Gasteiger partial charge in [0.05, 0.1) is 19.6 Å². The van der Waals surface area contributed by atoms with Gasteiger partial charge >= 0.3 is 35.9 Å². The molecule has 1 aromatic rings. The molecular formula is C51H83N13O16. The molecule has 1 heterocycles. The van der Waals surface area contributed by atoms with Crippen LogP contribution in [0, 0.1) is 11.8 Å². The van der Waals surface area contributed by atoms with Gasteiger partial charge in [0.1, 0.15) is 24.2 Å². The van der Waals surface area contributed by atoms with Crippen molar-refractivity contribution in [3.05, 3.63) is 35.9 Å². The van der Waals surface area contributed by atoms with Crippen LogP contribution in [-0.4, -0.2) is 220 Å². The number of carboxylic acid groups (broad SMARTS) is 5. The molecule has 1 saturated heterocycles. The van der Waals surface area contributed by atoms with Crippen LogP contribution in [-0.2, 0) is 54.4 Å². The third-order valence-electron chi connectivity index (χ3n) is 12.9. The van der Waals surface area contributed by atoms with Crippen LogP contribution >= 0.6 is 0 Å². The number of benzene rings is 1. The van der Waals surface area contributed by atoms with Gasteiger partial charge in [0.25, 0.3) is 0 Å². The van der Waals surface area contributed by atoms with E-state index in [1.807, 2.05) is 10.2 Å². The third-order valence-corrected chi connectivity index (χ3v) is 12.9. The molecule has 0 bridgehead atoms. The number of urea groups is 1. The molecule has 2 rings (SSSR count). The fraction of sp³-hybridized carbons (Fsp3) is 0.647. The van der Waals surface area contributed by atoms with Gasteiger partial charge in [-0.25, -0.2) is 14.4 Å². The predicted octanol–water partition coefficient (Wildman–Crippen LogP) is -2.24. The van der Waals surface area contributed by atoms with E-state index in [-0.39, 0.29) is 88.7 Å². The van der Waals surface area contributed by atoms with Crippen LogP contribution in [0.15, 0.2) is 35.3 Å². The minimum absolute atomic E-state index is 0.0395. The Labute approximate surface area is 464 Å². The van der Waals surface area contributed by atoms with Gasteiger partial charge < -0.3 is 74.2 Å². The van der Waals surface area contributed by atoms with Crippen LogP contribution in [0.3, 0.4) is 0 Å². The number of hydrogen-bond acceptors (Lipinski definition) is 15. The number of unbranched alkanes of at least 4 members (excludes halogenated alkanes) is 1. The molecule has 7 unspecified atom stereocenters. The number of nitrogens with zero attached hydrogens (tertiary/aromatic N) is 4. The lowest BCUT2D eigenvalue weighted by Gasteiger charge is -2.26. The summed E-state index contributed by atoms with van der Waals surface area (Å²) in [5.74, 6) is -9.87. The highest BCUT2D eigenvalue weighted by Crippen LogP contribution is 2.14. The van der Waals surface area contributed by atoms with Crippen molar-refractivity contribution >= 4 is 71.4 Å². The monoisotopic (exact) mass is 1130 g/mol. The van der Waals surface area contributed by atoms with Crippen LogP contribution in [0.4, 0.5) is 4.79 Å². The maximum atomic E-state index is 14.1. The molecular weight excluding hydrogens is 1050 g/mol. The average Bonchev–Trinajstić information content (AvgIpc) is 3.46. The number of nitrogens with one attached hydrogen (secondary N) is 7. The summed E-state index contributed by atoms with van der Waals surface area (Å²) in [6.45, 7) is 7.81.